The minimum atomic E-state index is -1.42. The highest BCUT2D eigenvalue weighted by atomic mass is 28.3. The fourth-order valence-electron chi connectivity index (χ4n) is 2.26. The summed E-state index contributed by atoms with van der Waals surface area (Å²) in [5.74, 6) is -0.828. The molecular weight excluding hydrogens is 256 g/mol. The van der Waals surface area contributed by atoms with Gasteiger partial charge in [0.1, 0.15) is 0 Å². The Balaban J connectivity index is 2.97. The van der Waals surface area contributed by atoms with Gasteiger partial charge in [-0.1, -0.05) is 50.1 Å². The molecule has 106 valence electrons. The third-order valence-corrected chi connectivity index (χ3v) is 4.04. The van der Waals surface area contributed by atoms with E-state index in [0.29, 0.717) is 12.8 Å². The minimum absolute atomic E-state index is 0.453. The first kappa shape index (κ1) is 15.9. The summed E-state index contributed by atoms with van der Waals surface area (Å²) in [7, 11) is -1.42. The molecule has 4 heteroatoms. The molecule has 1 aromatic carbocycles. The molecule has 0 aliphatic rings. The highest BCUT2D eigenvalue weighted by Crippen LogP contribution is 2.26. The lowest BCUT2D eigenvalue weighted by molar-refractivity contribution is -0.156. The summed E-state index contributed by atoms with van der Waals surface area (Å²) in [5, 5.41) is 9.66. The number of rotatable bonds is 8. The van der Waals surface area contributed by atoms with Crippen molar-refractivity contribution in [3.8, 4) is 0 Å². The number of aliphatic carboxylic acids is 1. The molecule has 0 heterocycles. The normalized spacial score (nSPS) is 14.3. The maximum absolute atomic E-state index is 11.8. The monoisotopic (exact) mass is 280 g/mol. The van der Waals surface area contributed by atoms with Crippen molar-refractivity contribution in [3.05, 3.63) is 35.9 Å². The SMILES string of the molecule is CCCCC(Cc1ccccc1)(O[SiH](C)C)C(=O)O. The van der Waals surface area contributed by atoms with E-state index in [4.69, 9.17) is 4.43 Å². The maximum atomic E-state index is 11.8. The quantitative estimate of drug-likeness (QED) is 0.744. The average Bonchev–Trinajstić information content (AvgIpc) is 2.36. The van der Waals surface area contributed by atoms with Crippen molar-refractivity contribution >= 4 is 15.0 Å². The lowest BCUT2D eigenvalue weighted by Crippen LogP contribution is -2.46. The highest BCUT2D eigenvalue weighted by molar-refractivity contribution is 6.48. The molecule has 1 atom stereocenters. The molecule has 1 unspecified atom stereocenters. The topological polar surface area (TPSA) is 46.5 Å². The molecule has 0 fully saturated rings. The van der Waals surface area contributed by atoms with Crippen LogP contribution in [0, 0.1) is 0 Å². The van der Waals surface area contributed by atoms with Crippen LogP contribution in [0.25, 0.3) is 0 Å². The summed E-state index contributed by atoms with van der Waals surface area (Å²) in [6.45, 7) is 6.12. The third kappa shape index (κ3) is 4.80. The molecule has 0 saturated heterocycles. The minimum Gasteiger partial charge on any atom is -0.479 e. The Morgan fingerprint density at radius 3 is 2.42 bits per heavy atom. The predicted octanol–water partition coefficient (Wildman–Crippen LogP) is 3.24. The number of carboxylic acids is 1. The molecule has 0 aliphatic carbocycles. The Bertz CT molecular complexity index is 392. The van der Waals surface area contributed by atoms with E-state index in [0.717, 1.165) is 18.4 Å². The lowest BCUT2D eigenvalue weighted by Gasteiger charge is -2.32. The van der Waals surface area contributed by atoms with Crippen LogP contribution in [-0.2, 0) is 15.6 Å². The molecule has 0 saturated carbocycles. The summed E-state index contributed by atoms with van der Waals surface area (Å²) in [6.07, 6.45) is 2.89. The third-order valence-electron chi connectivity index (χ3n) is 3.12. The molecule has 0 aliphatic heterocycles. The van der Waals surface area contributed by atoms with Crippen LogP contribution in [0.2, 0.25) is 13.1 Å². The number of benzene rings is 1. The zero-order valence-corrected chi connectivity index (χ0v) is 13.2. The van der Waals surface area contributed by atoms with E-state index in [1.165, 1.54) is 0 Å². The Hall–Kier alpha value is -1.13. The number of hydrogen-bond acceptors (Lipinski definition) is 2. The van der Waals surface area contributed by atoms with Crippen molar-refractivity contribution < 1.29 is 14.3 Å². The second kappa shape index (κ2) is 7.45. The van der Waals surface area contributed by atoms with Crippen molar-refractivity contribution in [2.24, 2.45) is 0 Å². The summed E-state index contributed by atoms with van der Waals surface area (Å²) in [4.78, 5) is 11.8. The van der Waals surface area contributed by atoms with Gasteiger partial charge >= 0.3 is 5.97 Å². The molecule has 0 amide bonds. The summed E-state index contributed by atoms with van der Waals surface area (Å²) < 4.78 is 5.94. The van der Waals surface area contributed by atoms with Crippen LogP contribution < -0.4 is 0 Å². The first-order valence-electron chi connectivity index (χ1n) is 6.95. The standard InChI is InChI=1S/C15H24O3Si/c1-4-5-11-15(14(16)17,18-19(2)3)12-13-9-7-6-8-10-13/h6-10,19H,4-5,11-12H2,1-3H3,(H,16,17). The molecule has 0 radical (unpaired) electrons. The van der Waals surface area contributed by atoms with Crippen molar-refractivity contribution in [1.82, 2.24) is 0 Å². The molecule has 0 spiro atoms. The highest BCUT2D eigenvalue weighted by Gasteiger charge is 2.39. The molecular formula is C15H24O3Si. The molecule has 1 N–H and O–H groups in total. The van der Waals surface area contributed by atoms with E-state index >= 15 is 0 Å². The van der Waals surface area contributed by atoms with E-state index < -0.39 is 20.6 Å². The van der Waals surface area contributed by atoms with Crippen LogP contribution in [0.4, 0.5) is 0 Å². The second-order valence-corrected chi connectivity index (χ2v) is 7.57. The van der Waals surface area contributed by atoms with Gasteiger partial charge < -0.3 is 9.53 Å². The predicted molar refractivity (Wildman–Crippen MR) is 80.0 cm³/mol. The van der Waals surface area contributed by atoms with Crippen molar-refractivity contribution in [2.45, 2.75) is 51.3 Å². The first-order valence-corrected chi connectivity index (χ1v) is 9.73. The zero-order valence-electron chi connectivity index (χ0n) is 12.1. The van der Waals surface area contributed by atoms with Gasteiger partial charge in [0.05, 0.1) is 0 Å². The molecule has 1 rings (SSSR count). The molecule has 1 aromatic rings. The fourth-order valence-corrected chi connectivity index (χ4v) is 3.47. The van der Waals surface area contributed by atoms with E-state index in [2.05, 4.69) is 6.92 Å². The first-order chi connectivity index (χ1) is 9.00. The summed E-state index contributed by atoms with van der Waals surface area (Å²) >= 11 is 0. The lowest BCUT2D eigenvalue weighted by atomic mass is 9.89. The number of carboxylic acid groups (broad SMARTS) is 1. The number of hydrogen-bond donors (Lipinski definition) is 1. The van der Waals surface area contributed by atoms with Gasteiger partial charge in [-0.05, 0) is 25.1 Å². The Morgan fingerprint density at radius 2 is 1.95 bits per heavy atom. The van der Waals surface area contributed by atoms with Crippen LogP contribution in [-0.4, -0.2) is 25.7 Å². The van der Waals surface area contributed by atoms with Gasteiger partial charge in [-0.15, -0.1) is 0 Å². The Labute approximate surface area is 117 Å². The van der Waals surface area contributed by atoms with E-state index in [9.17, 15) is 9.90 Å². The molecule has 3 nitrogen and oxygen atoms in total. The fraction of sp³-hybridized carbons (Fsp3) is 0.533. The van der Waals surface area contributed by atoms with Gasteiger partial charge in [-0.25, -0.2) is 4.79 Å². The number of unbranched alkanes of at least 4 members (excludes halogenated alkanes) is 1. The van der Waals surface area contributed by atoms with E-state index in [-0.39, 0.29) is 0 Å². The van der Waals surface area contributed by atoms with E-state index in [1.54, 1.807) is 0 Å². The van der Waals surface area contributed by atoms with Crippen LogP contribution in [0.1, 0.15) is 31.7 Å². The van der Waals surface area contributed by atoms with Crippen molar-refractivity contribution in [2.75, 3.05) is 0 Å². The van der Waals surface area contributed by atoms with Crippen LogP contribution >= 0.6 is 0 Å². The van der Waals surface area contributed by atoms with Gasteiger partial charge in [-0.3, -0.25) is 0 Å². The van der Waals surface area contributed by atoms with Crippen molar-refractivity contribution in [1.29, 1.82) is 0 Å². The van der Waals surface area contributed by atoms with Crippen LogP contribution in [0.3, 0.4) is 0 Å². The average molecular weight is 280 g/mol. The smallest absolute Gasteiger partial charge is 0.335 e. The van der Waals surface area contributed by atoms with Gasteiger partial charge in [0.25, 0.3) is 0 Å². The van der Waals surface area contributed by atoms with Crippen LogP contribution in [0.15, 0.2) is 30.3 Å². The van der Waals surface area contributed by atoms with Gasteiger partial charge in [0.2, 0.25) is 0 Å². The molecule has 0 aromatic heterocycles. The van der Waals surface area contributed by atoms with Gasteiger partial charge in [0, 0.05) is 6.42 Å². The van der Waals surface area contributed by atoms with Gasteiger partial charge in [-0.2, -0.15) is 0 Å². The second-order valence-electron chi connectivity index (χ2n) is 5.23. The maximum Gasteiger partial charge on any atom is 0.335 e. The summed E-state index contributed by atoms with van der Waals surface area (Å²) in [5.41, 5.74) is -0.0201. The zero-order chi connectivity index (χ0) is 14.3. The molecule has 19 heavy (non-hydrogen) atoms. The Kier molecular flexibility index (Phi) is 6.25. The van der Waals surface area contributed by atoms with Gasteiger partial charge in [0.15, 0.2) is 14.6 Å². The largest absolute Gasteiger partial charge is 0.479 e. The van der Waals surface area contributed by atoms with Crippen LogP contribution in [0.5, 0.6) is 0 Å². The Morgan fingerprint density at radius 1 is 1.32 bits per heavy atom. The van der Waals surface area contributed by atoms with E-state index in [1.807, 2.05) is 43.4 Å². The summed E-state index contributed by atoms with van der Waals surface area (Å²) in [6, 6.07) is 9.75. The molecule has 0 bridgehead atoms. The number of carbonyl (C=O) groups is 1. The van der Waals surface area contributed by atoms with Crippen molar-refractivity contribution in [3.63, 3.8) is 0 Å².